The molecule has 0 N–H and O–H groups in total. The van der Waals surface area contributed by atoms with Crippen LogP contribution in [0.4, 0.5) is 0 Å². The van der Waals surface area contributed by atoms with Gasteiger partial charge in [-0.1, -0.05) is 30.4 Å². The van der Waals surface area contributed by atoms with Crippen LogP contribution >= 0.6 is 11.3 Å². The van der Waals surface area contributed by atoms with Gasteiger partial charge in [-0.15, -0.1) is 11.3 Å². The minimum Gasteiger partial charge on any atom is -0.299 e. The maximum Gasteiger partial charge on any atom is 0.139 e. The number of fused-ring (bicyclic) bond motifs is 1. The van der Waals surface area contributed by atoms with Crippen LogP contribution in [0.1, 0.15) is 24.1 Å². The number of carbonyl (C=O) groups excluding carboxylic acids is 1. The van der Waals surface area contributed by atoms with Crippen molar-refractivity contribution >= 4 is 27.2 Å². The number of Topliss-reactive ketones (excluding diaryl/α,β-unsaturated/α-hetero) is 1. The van der Waals surface area contributed by atoms with Gasteiger partial charge in [0.15, 0.2) is 0 Å². The molecule has 1 nitrogen and oxygen atoms in total. The third-order valence-corrected chi connectivity index (χ3v) is 4.65. The van der Waals surface area contributed by atoms with E-state index in [-0.39, 0.29) is 5.92 Å². The maximum absolute atomic E-state index is 11.5. The van der Waals surface area contributed by atoms with Gasteiger partial charge in [0.25, 0.3) is 0 Å². The Balaban J connectivity index is 1.69. The number of hydrogen-bond acceptors (Lipinski definition) is 2. The number of rotatable bonds is 3. The lowest BCUT2D eigenvalue weighted by atomic mass is 10.1. The Morgan fingerprint density at radius 2 is 2.22 bits per heavy atom. The molecule has 1 aliphatic rings. The molecule has 1 saturated carbocycles. The fourth-order valence-corrected chi connectivity index (χ4v) is 3.57. The zero-order valence-electron chi connectivity index (χ0n) is 10.3. The molecule has 1 aliphatic carbocycles. The van der Waals surface area contributed by atoms with E-state index in [1.165, 1.54) is 15.0 Å². The van der Waals surface area contributed by atoms with Crippen molar-refractivity contribution in [1.29, 1.82) is 0 Å². The van der Waals surface area contributed by atoms with Crippen LogP contribution in [-0.2, 0) is 11.2 Å². The molecule has 1 aromatic heterocycles. The molecule has 2 aromatic rings. The highest BCUT2D eigenvalue weighted by Crippen LogP contribution is 2.26. The van der Waals surface area contributed by atoms with Gasteiger partial charge >= 0.3 is 0 Å². The molecule has 3 rings (SSSR count). The maximum atomic E-state index is 11.5. The average molecular weight is 256 g/mol. The van der Waals surface area contributed by atoms with E-state index < -0.39 is 0 Å². The molecule has 18 heavy (non-hydrogen) atoms. The Hall–Kier alpha value is -1.41. The van der Waals surface area contributed by atoms with Crippen molar-refractivity contribution in [3.8, 4) is 0 Å². The minimum absolute atomic E-state index is 0.194. The van der Waals surface area contributed by atoms with E-state index in [1.807, 2.05) is 11.3 Å². The second-order valence-corrected chi connectivity index (χ2v) is 6.02. The Labute approximate surface area is 111 Å². The third-order valence-electron chi connectivity index (χ3n) is 3.52. The van der Waals surface area contributed by atoms with Crippen molar-refractivity contribution in [2.75, 3.05) is 0 Å². The van der Waals surface area contributed by atoms with Gasteiger partial charge in [0.1, 0.15) is 5.78 Å². The smallest absolute Gasteiger partial charge is 0.139 e. The number of hydrogen-bond donors (Lipinski definition) is 0. The summed E-state index contributed by atoms with van der Waals surface area (Å²) >= 11 is 1.84. The minimum atomic E-state index is 0.194. The quantitative estimate of drug-likeness (QED) is 0.745. The first-order valence-electron chi connectivity index (χ1n) is 6.50. The molecule has 1 heterocycles. The van der Waals surface area contributed by atoms with E-state index in [4.69, 9.17) is 0 Å². The molecule has 1 aromatic carbocycles. The predicted octanol–water partition coefficient (Wildman–Crippen LogP) is 4.37. The van der Waals surface area contributed by atoms with E-state index in [9.17, 15) is 4.79 Å². The van der Waals surface area contributed by atoms with E-state index >= 15 is 0 Å². The van der Waals surface area contributed by atoms with Gasteiger partial charge < -0.3 is 0 Å². The highest BCUT2D eigenvalue weighted by molar-refractivity contribution is 7.19. The fourth-order valence-electron chi connectivity index (χ4n) is 2.53. The van der Waals surface area contributed by atoms with Crippen LogP contribution in [-0.4, -0.2) is 5.78 Å². The molecule has 92 valence electrons. The lowest BCUT2D eigenvalue weighted by molar-refractivity contribution is -0.119. The van der Waals surface area contributed by atoms with Crippen LogP contribution in [0.5, 0.6) is 0 Å². The van der Waals surface area contributed by atoms with Gasteiger partial charge in [-0.05, 0) is 36.8 Å². The van der Waals surface area contributed by atoms with E-state index in [2.05, 4.69) is 42.5 Å². The highest BCUT2D eigenvalue weighted by Gasteiger charge is 2.21. The zero-order valence-corrected chi connectivity index (χ0v) is 11.1. The molecule has 0 spiro atoms. The first-order valence-corrected chi connectivity index (χ1v) is 7.31. The highest BCUT2D eigenvalue weighted by atomic mass is 32.1. The molecule has 0 aliphatic heterocycles. The summed E-state index contributed by atoms with van der Waals surface area (Å²) in [7, 11) is 0. The summed E-state index contributed by atoms with van der Waals surface area (Å²) in [4.78, 5) is 12.9. The van der Waals surface area contributed by atoms with Crippen LogP contribution in [0.25, 0.3) is 10.1 Å². The summed E-state index contributed by atoms with van der Waals surface area (Å²) in [6, 6.07) is 10.7. The first-order chi connectivity index (χ1) is 8.83. The molecule has 2 heteroatoms. The standard InChI is InChI=1S/C16H16OS/c17-15-9-4-7-12(15)6-3-8-14-11-13-5-1-2-10-16(13)18-14/h1-3,5-6,10-12H,4,7-9H2/b6-3+. The molecule has 0 saturated heterocycles. The Kier molecular flexibility index (Phi) is 3.28. The first kappa shape index (κ1) is 11.7. The van der Waals surface area contributed by atoms with Crippen molar-refractivity contribution < 1.29 is 4.79 Å². The van der Waals surface area contributed by atoms with Crippen LogP contribution in [0.3, 0.4) is 0 Å². The summed E-state index contributed by atoms with van der Waals surface area (Å²) in [5.41, 5.74) is 0. The zero-order chi connectivity index (χ0) is 12.4. The van der Waals surface area contributed by atoms with E-state index in [1.54, 1.807) is 0 Å². The van der Waals surface area contributed by atoms with Gasteiger partial charge in [0.2, 0.25) is 0 Å². The van der Waals surface area contributed by atoms with Crippen molar-refractivity contribution in [3.63, 3.8) is 0 Å². The lowest BCUT2D eigenvalue weighted by Crippen LogP contribution is -2.01. The van der Waals surface area contributed by atoms with Gasteiger partial charge in [-0.3, -0.25) is 4.79 Å². The average Bonchev–Trinajstić information content (AvgIpc) is 2.96. The predicted molar refractivity (Wildman–Crippen MR) is 77.0 cm³/mol. The van der Waals surface area contributed by atoms with Crippen molar-refractivity contribution in [1.82, 2.24) is 0 Å². The second kappa shape index (κ2) is 5.07. The summed E-state index contributed by atoms with van der Waals surface area (Å²) in [5.74, 6) is 0.613. The fraction of sp³-hybridized carbons (Fsp3) is 0.312. The molecule has 0 bridgehead atoms. The molecule has 0 amide bonds. The SMILES string of the molecule is O=C1CCCC1/C=C/Cc1cc2ccccc2s1. The van der Waals surface area contributed by atoms with Gasteiger partial charge in [0, 0.05) is 21.9 Å². The van der Waals surface area contributed by atoms with Crippen molar-refractivity contribution in [3.05, 3.63) is 47.4 Å². The molecule has 1 atom stereocenters. The van der Waals surface area contributed by atoms with Gasteiger partial charge in [-0.2, -0.15) is 0 Å². The van der Waals surface area contributed by atoms with Gasteiger partial charge in [0.05, 0.1) is 0 Å². The largest absolute Gasteiger partial charge is 0.299 e. The molecular weight excluding hydrogens is 240 g/mol. The number of ketones is 1. The van der Waals surface area contributed by atoms with Crippen LogP contribution in [0.15, 0.2) is 42.5 Å². The number of allylic oxidation sites excluding steroid dienone is 2. The van der Waals surface area contributed by atoms with Crippen LogP contribution in [0.2, 0.25) is 0 Å². The second-order valence-electron chi connectivity index (χ2n) is 4.85. The number of carbonyl (C=O) groups is 1. The summed E-state index contributed by atoms with van der Waals surface area (Å²) in [5, 5.41) is 1.32. The molecule has 0 radical (unpaired) electrons. The van der Waals surface area contributed by atoms with E-state index in [0.29, 0.717) is 5.78 Å². The lowest BCUT2D eigenvalue weighted by Gasteiger charge is -1.98. The summed E-state index contributed by atoms with van der Waals surface area (Å²) in [6.45, 7) is 0. The van der Waals surface area contributed by atoms with Crippen molar-refractivity contribution in [2.45, 2.75) is 25.7 Å². The van der Waals surface area contributed by atoms with E-state index in [0.717, 1.165) is 25.7 Å². The third kappa shape index (κ3) is 2.39. The normalized spacial score (nSPS) is 20.2. The Morgan fingerprint density at radius 3 is 3.00 bits per heavy atom. The molecular formula is C16H16OS. The van der Waals surface area contributed by atoms with Gasteiger partial charge in [-0.25, -0.2) is 0 Å². The summed E-state index contributed by atoms with van der Waals surface area (Å²) < 4.78 is 1.35. The Bertz CT molecular complexity index is 561. The topological polar surface area (TPSA) is 17.1 Å². The van der Waals surface area contributed by atoms with Crippen LogP contribution < -0.4 is 0 Å². The van der Waals surface area contributed by atoms with Crippen LogP contribution in [0, 0.1) is 5.92 Å². The van der Waals surface area contributed by atoms with Crippen molar-refractivity contribution in [2.24, 2.45) is 5.92 Å². The summed E-state index contributed by atoms with van der Waals surface area (Å²) in [6.07, 6.45) is 8.11. The number of benzene rings is 1. The monoisotopic (exact) mass is 256 g/mol. The molecule has 1 fully saturated rings. The Morgan fingerprint density at radius 1 is 1.33 bits per heavy atom. The molecule has 1 unspecified atom stereocenters. The number of thiophene rings is 1.